The molecule has 150 valence electrons. The summed E-state index contributed by atoms with van der Waals surface area (Å²) in [6.07, 6.45) is 1.55. The minimum Gasteiger partial charge on any atom is -0.467 e. The van der Waals surface area contributed by atoms with Crippen molar-refractivity contribution in [2.45, 2.75) is 19.5 Å². The predicted octanol–water partition coefficient (Wildman–Crippen LogP) is 4.26. The van der Waals surface area contributed by atoms with Crippen LogP contribution in [0.5, 0.6) is 0 Å². The lowest BCUT2D eigenvalue weighted by Crippen LogP contribution is -2.31. The lowest BCUT2D eigenvalue weighted by Gasteiger charge is -2.15. The Labute approximate surface area is 177 Å². The van der Waals surface area contributed by atoms with Crippen LogP contribution in [0.4, 0.5) is 5.69 Å². The number of hydrogen-bond acceptors (Lipinski definition) is 4. The van der Waals surface area contributed by atoms with E-state index in [1.54, 1.807) is 42.7 Å². The smallest absolute Gasteiger partial charge is 0.253 e. The van der Waals surface area contributed by atoms with Crippen LogP contribution in [0, 0.1) is 0 Å². The molecule has 0 radical (unpaired) electrons. The van der Waals surface area contributed by atoms with E-state index in [4.69, 9.17) is 4.42 Å². The van der Waals surface area contributed by atoms with E-state index < -0.39 is 0 Å². The van der Waals surface area contributed by atoms with Gasteiger partial charge in [-0.05, 0) is 48.9 Å². The van der Waals surface area contributed by atoms with Crippen LogP contribution >= 0.6 is 15.9 Å². The molecule has 0 aliphatic carbocycles. The highest BCUT2D eigenvalue weighted by atomic mass is 79.9. The second-order valence-corrected chi connectivity index (χ2v) is 7.43. The molecule has 0 unspecified atom stereocenters. The summed E-state index contributed by atoms with van der Waals surface area (Å²) < 4.78 is 6.22. The molecule has 0 saturated heterocycles. The van der Waals surface area contributed by atoms with E-state index in [2.05, 4.69) is 31.9 Å². The zero-order valence-corrected chi connectivity index (χ0v) is 17.5. The maximum Gasteiger partial charge on any atom is 0.253 e. The first kappa shape index (κ1) is 20.8. The fraction of sp³-hybridized carbons (Fsp3) is 0.182. The number of amides is 2. The quantitative estimate of drug-likeness (QED) is 0.473. The predicted molar refractivity (Wildman–Crippen MR) is 116 cm³/mol. The topological polar surface area (TPSA) is 83.4 Å². The van der Waals surface area contributed by atoms with E-state index in [0.29, 0.717) is 17.0 Å². The van der Waals surface area contributed by atoms with Crippen LogP contribution in [0.3, 0.4) is 0 Å². The maximum atomic E-state index is 12.5. The van der Waals surface area contributed by atoms with E-state index in [9.17, 15) is 9.59 Å². The van der Waals surface area contributed by atoms with Crippen LogP contribution < -0.4 is 16.0 Å². The van der Waals surface area contributed by atoms with Gasteiger partial charge in [-0.15, -0.1) is 0 Å². The SMILES string of the molecule is C[C@@H](NCC(=O)Nc1ccccc1C(=O)NCc1ccco1)c1ccc(Br)cc1. The van der Waals surface area contributed by atoms with E-state index >= 15 is 0 Å². The van der Waals surface area contributed by atoms with E-state index in [0.717, 1.165) is 10.0 Å². The minimum absolute atomic E-state index is 0.0145. The Morgan fingerprint density at radius 3 is 2.52 bits per heavy atom. The van der Waals surface area contributed by atoms with Crippen molar-refractivity contribution in [2.75, 3.05) is 11.9 Å². The monoisotopic (exact) mass is 455 g/mol. The number of carbonyl (C=O) groups excluding carboxylic acids is 2. The number of halogens is 1. The van der Waals surface area contributed by atoms with Gasteiger partial charge in [0.2, 0.25) is 5.91 Å². The van der Waals surface area contributed by atoms with Gasteiger partial charge in [-0.2, -0.15) is 0 Å². The second kappa shape index (κ2) is 10.0. The molecule has 0 aliphatic rings. The Morgan fingerprint density at radius 2 is 1.79 bits per heavy atom. The van der Waals surface area contributed by atoms with Gasteiger partial charge in [0.1, 0.15) is 5.76 Å². The molecule has 0 aliphatic heterocycles. The van der Waals surface area contributed by atoms with Crippen LogP contribution in [0.25, 0.3) is 0 Å². The number of rotatable bonds is 8. The van der Waals surface area contributed by atoms with Crippen LogP contribution in [0.15, 0.2) is 75.8 Å². The first-order valence-corrected chi connectivity index (χ1v) is 10.0. The molecule has 1 atom stereocenters. The summed E-state index contributed by atoms with van der Waals surface area (Å²) in [5.74, 6) is 0.153. The Bertz CT molecular complexity index is 956. The largest absolute Gasteiger partial charge is 0.467 e. The number of hydrogen-bond donors (Lipinski definition) is 3. The van der Waals surface area contributed by atoms with E-state index in [-0.39, 0.29) is 30.9 Å². The molecule has 1 aromatic heterocycles. The summed E-state index contributed by atoms with van der Waals surface area (Å²) in [7, 11) is 0. The van der Waals surface area contributed by atoms with E-state index in [1.807, 2.05) is 31.2 Å². The number of anilines is 1. The molecule has 3 aromatic rings. The van der Waals surface area contributed by atoms with Gasteiger partial charge >= 0.3 is 0 Å². The molecule has 3 N–H and O–H groups in total. The standard InChI is InChI=1S/C22H22BrN3O3/c1-15(16-8-10-17(23)11-9-16)24-14-21(27)26-20-7-3-2-6-19(20)22(28)25-13-18-5-4-12-29-18/h2-12,15,24H,13-14H2,1H3,(H,25,28)(H,26,27)/t15-/m1/s1. The fourth-order valence-electron chi connectivity index (χ4n) is 2.78. The van der Waals surface area contributed by atoms with Crippen molar-refractivity contribution in [1.82, 2.24) is 10.6 Å². The molecular formula is C22H22BrN3O3. The van der Waals surface area contributed by atoms with Crippen LogP contribution in [0.2, 0.25) is 0 Å². The summed E-state index contributed by atoms with van der Waals surface area (Å²) in [6, 6.07) is 18.4. The van der Waals surface area contributed by atoms with Crippen LogP contribution in [-0.2, 0) is 11.3 Å². The van der Waals surface area contributed by atoms with Crippen molar-refractivity contribution >= 4 is 33.4 Å². The molecule has 0 spiro atoms. The summed E-state index contributed by atoms with van der Waals surface area (Å²) >= 11 is 3.41. The third kappa shape index (κ3) is 6.04. The zero-order chi connectivity index (χ0) is 20.6. The molecule has 2 amide bonds. The Balaban J connectivity index is 1.56. The number of benzene rings is 2. The Hall–Kier alpha value is -2.90. The first-order chi connectivity index (χ1) is 14.0. The van der Waals surface area contributed by atoms with Gasteiger partial charge in [-0.25, -0.2) is 0 Å². The fourth-order valence-corrected chi connectivity index (χ4v) is 3.04. The number of carbonyl (C=O) groups is 2. The lowest BCUT2D eigenvalue weighted by molar-refractivity contribution is -0.115. The van der Waals surface area contributed by atoms with Gasteiger partial charge in [-0.1, -0.05) is 40.2 Å². The molecule has 7 heteroatoms. The number of nitrogens with one attached hydrogen (secondary N) is 3. The van der Waals surface area contributed by atoms with Crippen molar-refractivity contribution < 1.29 is 14.0 Å². The number of furan rings is 1. The number of para-hydroxylation sites is 1. The van der Waals surface area contributed by atoms with Gasteiger partial charge < -0.3 is 20.4 Å². The van der Waals surface area contributed by atoms with E-state index in [1.165, 1.54) is 0 Å². The third-order valence-corrected chi connectivity index (χ3v) is 4.92. The molecule has 0 bridgehead atoms. The van der Waals surface area contributed by atoms with Crippen molar-refractivity contribution in [1.29, 1.82) is 0 Å². The first-order valence-electron chi connectivity index (χ1n) is 9.21. The molecule has 2 aromatic carbocycles. The van der Waals surface area contributed by atoms with Crippen LogP contribution in [0.1, 0.15) is 34.6 Å². The highest BCUT2D eigenvalue weighted by molar-refractivity contribution is 9.10. The van der Waals surface area contributed by atoms with Gasteiger partial charge in [-0.3, -0.25) is 9.59 Å². The van der Waals surface area contributed by atoms with Crippen molar-refractivity contribution in [3.8, 4) is 0 Å². The summed E-state index contributed by atoms with van der Waals surface area (Å²) in [5.41, 5.74) is 1.94. The third-order valence-electron chi connectivity index (χ3n) is 4.39. The molecule has 1 heterocycles. The highest BCUT2D eigenvalue weighted by Gasteiger charge is 2.14. The molecular weight excluding hydrogens is 434 g/mol. The summed E-state index contributed by atoms with van der Waals surface area (Å²) in [5, 5.41) is 8.79. The van der Waals surface area contributed by atoms with Crippen molar-refractivity contribution in [2.24, 2.45) is 0 Å². The minimum atomic E-state index is -0.284. The molecule has 0 fully saturated rings. The summed E-state index contributed by atoms with van der Waals surface area (Å²) in [6.45, 7) is 2.40. The average molecular weight is 456 g/mol. The van der Waals surface area contributed by atoms with Crippen molar-refractivity contribution in [3.05, 3.63) is 88.3 Å². The Kier molecular flexibility index (Phi) is 7.21. The average Bonchev–Trinajstić information content (AvgIpc) is 3.25. The Morgan fingerprint density at radius 1 is 1.03 bits per heavy atom. The molecule has 3 rings (SSSR count). The van der Waals surface area contributed by atoms with Crippen LogP contribution in [-0.4, -0.2) is 18.4 Å². The maximum absolute atomic E-state index is 12.5. The highest BCUT2D eigenvalue weighted by Crippen LogP contribution is 2.17. The summed E-state index contributed by atoms with van der Waals surface area (Å²) in [4.78, 5) is 24.9. The molecule has 29 heavy (non-hydrogen) atoms. The normalized spacial score (nSPS) is 11.7. The van der Waals surface area contributed by atoms with Gasteiger partial charge in [0.05, 0.1) is 30.6 Å². The zero-order valence-electron chi connectivity index (χ0n) is 15.9. The lowest BCUT2D eigenvalue weighted by atomic mass is 10.1. The van der Waals surface area contributed by atoms with Gasteiger partial charge in [0.15, 0.2) is 0 Å². The molecule has 0 saturated carbocycles. The van der Waals surface area contributed by atoms with Crippen molar-refractivity contribution in [3.63, 3.8) is 0 Å². The second-order valence-electron chi connectivity index (χ2n) is 6.51. The molecule has 6 nitrogen and oxygen atoms in total. The van der Waals surface area contributed by atoms with Gasteiger partial charge in [0, 0.05) is 10.5 Å². The van der Waals surface area contributed by atoms with Gasteiger partial charge in [0.25, 0.3) is 5.91 Å².